The molecule has 0 bridgehead atoms. The van der Waals surface area contributed by atoms with E-state index in [2.05, 4.69) is 37.5 Å². The number of hydrogen-bond donors (Lipinski definition) is 2. The van der Waals surface area contributed by atoms with E-state index < -0.39 is 0 Å². The Labute approximate surface area is 52.1 Å². The highest BCUT2D eigenvalue weighted by molar-refractivity contribution is 7.85. The average Bonchev–Trinajstić information content (AvgIpc) is 1.94. The fraction of sp³-hybridized carbons (Fsp3) is 0. The summed E-state index contributed by atoms with van der Waals surface area (Å²) in [6.45, 7) is 0. The zero-order chi connectivity index (χ0) is 4.73. The molecule has 0 aromatic heterocycles. The van der Waals surface area contributed by atoms with Crippen LogP contribution in [-0.2, 0) is 0 Å². The molecular formula is C3H2S3. The van der Waals surface area contributed by atoms with Gasteiger partial charge in [-0.2, -0.15) is 0 Å². The van der Waals surface area contributed by atoms with Crippen molar-refractivity contribution in [2.75, 3.05) is 0 Å². The Bertz CT molecular complexity index is 152. The second-order valence-corrected chi connectivity index (χ2v) is 2.33. The van der Waals surface area contributed by atoms with Gasteiger partial charge in [0.2, 0.25) is 0 Å². The smallest absolute Gasteiger partial charge is 0.0667 e. The average molecular weight is 134 g/mol. The van der Waals surface area contributed by atoms with Crippen molar-refractivity contribution in [1.82, 2.24) is 0 Å². The molecule has 1 aromatic carbocycles. The lowest BCUT2D eigenvalue weighted by atomic mass is 11.1. The van der Waals surface area contributed by atoms with Gasteiger partial charge in [0.05, 0.1) is 4.51 Å². The Morgan fingerprint density at radius 2 is 1.33 bits per heavy atom. The van der Waals surface area contributed by atoms with Gasteiger partial charge in [-0.05, 0) is 0 Å². The van der Waals surface area contributed by atoms with Crippen LogP contribution >= 0.6 is 37.5 Å². The molecule has 0 saturated carbocycles. The van der Waals surface area contributed by atoms with Gasteiger partial charge in [0.15, 0.2) is 0 Å². The molecule has 32 valence electrons. The summed E-state index contributed by atoms with van der Waals surface area (Å²) in [5, 5.41) is 0. The lowest BCUT2D eigenvalue weighted by Crippen LogP contribution is -1.17. The zero-order valence-corrected chi connectivity index (χ0v) is 5.41. The standard InChI is InChI=1S/C3H2S3/c4-1-2(5)3(1)6/h4-5H. The number of thiol groups is 2. The fourth-order valence-electron chi connectivity index (χ4n) is 0.152. The first kappa shape index (κ1) is 4.68. The maximum Gasteiger partial charge on any atom is 0.0667 e. The molecule has 0 saturated heterocycles. The highest BCUT2D eigenvalue weighted by atomic mass is 32.1. The minimum atomic E-state index is 0.821. The molecule has 1 aromatic rings. The second kappa shape index (κ2) is 1.25. The lowest BCUT2D eigenvalue weighted by molar-refractivity contribution is 1.69. The van der Waals surface area contributed by atoms with E-state index in [9.17, 15) is 0 Å². The van der Waals surface area contributed by atoms with Crippen LogP contribution in [0.4, 0.5) is 0 Å². The van der Waals surface area contributed by atoms with Gasteiger partial charge in [-0.15, -0.1) is 25.3 Å². The van der Waals surface area contributed by atoms with Crippen molar-refractivity contribution < 1.29 is 0 Å². The van der Waals surface area contributed by atoms with Gasteiger partial charge < -0.3 is 0 Å². The topological polar surface area (TPSA) is 0 Å². The Balaban J connectivity index is 3.11. The molecule has 0 spiro atoms. The van der Waals surface area contributed by atoms with Crippen LogP contribution in [0.2, 0.25) is 0 Å². The van der Waals surface area contributed by atoms with Gasteiger partial charge in [0.25, 0.3) is 0 Å². The van der Waals surface area contributed by atoms with E-state index in [0.717, 1.165) is 14.3 Å². The molecule has 0 aliphatic heterocycles. The maximum absolute atomic E-state index is 4.67. The molecule has 0 aliphatic carbocycles. The van der Waals surface area contributed by atoms with E-state index in [1.165, 1.54) is 0 Å². The largest absolute Gasteiger partial charge is 0.141 e. The van der Waals surface area contributed by atoms with Crippen LogP contribution in [0.5, 0.6) is 0 Å². The van der Waals surface area contributed by atoms with Crippen LogP contribution in [0.25, 0.3) is 0 Å². The molecule has 0 heterocycles. The monoisotopic (exact) mass is 134 g/mol. The highest BCUT2D eigenvalue weighted by Gasteiger charge is 2.07. The molecule has 0 atom stereocenters. The quantitative estimate of drug-likeness (QED) is 0.403. The van der Waals surface area contributed by atoms with E-state index in [1.807, 2.05) is 0 Å². The number of rotatable bonds is 0. The molecule has 0 N–H and O–H groups in total. The summed E-state index contributed by atoms with van der Waals surface area (Å²) < 4.78 is 0.821. The molecule has 0 unspecified atom stereocenters. The van der Waals surface area contributed by atoms with Gasteiger partial charge in [-0.1, -0.05) is 12.2 Å². The van der Waals surface area contributed by atoms with Crippen molar-refractivity contribution >= 4 is 37.5 Å². The van der Waals surface area contributed by atoms with Gasteiger partial charge in [-0.3, -0.25) is 0 Å². The first-order valence-corrected chi connectivity index (χ1v) is 2.70. The van der Waals surface area contributed by atoms with Crippen molar-refractivity contribution in [2.45, 2.75) is 9.79 Å². The third-order valence-corrected chi connectivity index (χ3v) is 2.37. The van der Waals surface area contributed by atoms with Gasteiger partial charge in [0.1, 0.15) is 0 Å². The highest BCUT2D eigenvalue weighted by Crippen LogP contribution is 2.31. The third kappa shape index (κ3) is 0.509. The van der Waals surface area contributed by atoms with Crippen molar-refractivity contribution in [1.29, 1.82) is 0 Å². The summed E-state index contributed by atoms with van der Waals surface area (Å²) in [6, 6.07) is 0. The molecule has 3 heteroatoms. The third-order valence-electron chi connectivity index (χ3n) is 0.592. The van der Waals surface area contributed by atoms with Crippen molar-refractivity contribution in [3.63, 3.8) is 0 Å². The van der Waals surface area contributed by atoms with Gasteiger partial charge in [0, 0.05) is 9.79 Å². The van der Waals surface area contributed by atoms with E-state index in [-0.39, 0.29) is 0 Å². The minimum absolute atomic E-state index is 0.821. The summed E-state index contributed by atoms with van der Waals surface area (Å²) in [6.07, 6.45) is 0. The molecule has 0 aliphatic rings. The van der Waals surface area contributed by atoms with Crippen LogP contribution in [0.15, 0.2) is 9.79 Å². The van der Waals surface area contributed by atoms with Crippen LogP contribution in [0.1, 0.15) is 0 Å². The van der Waals surface area contributed by atoms with Crippen LogP contribution < -0.4 is 0 Å². The maximum atomic E-state index is 4.67. The molecule has 1 rings (SSSR count). The molecule has 0 nitrogen and oxygen atoms in total. The minimum Gasteiger partial charge on any atom is -0.141 e. The predicted octanol–water partition coefficient (Wildman–Crippen LogP) is 1.87. The van der Waals surface area contributed by atoms with Crippen LogP contribution in [0.3, 0.4) is 0 Å². The summed E-state index contributed by atoms with van der Waals surface area (Å²) in [5.41, 5.74) is 0. The summed E-state index contributed by atoms with van der Waals surface area (Å²) in [5.74, 6) is 0. The van der Waals surface area contributed by atoms with E-state index >= 15 is 0 Å². The summed E-state index contributed by atoms with van der Waals surface area (Å²) >= 11 is 12.5. The lowest BCUT2D eigenvalue weighted by Gasteiger charge is -1.51. The number of hydrogen-bond acceptors (Lipinski definition) is 3. The van der Waals surface area contributed by atoms with E-state index in [0.29, 0.717) is 0 Å². The van der Waals surface area contributed by atoms with Crippen LogP contribution in [0, 0.1) is 4.51 Å². The molecule has 6 heavy (non-hydrogen) atoms. The van der Waals surface area contributed by atoms with Crippen molar-refractivity contribution in [3.05, 3.63) is 4.51 Å². The Morgan fingerprint density at radius 3 is 1.33 bits per heavy atom. The normalized spacial score (nSPS) is 10.3. The van der Waals surface area contributed by atoms with Crippen molar-refractivity contribution in [2.24, 2.45) is 0 Å². The van der Waals surface area contributed by atoms with E-state index in [1.54, 1.807) is 0 Å². The van der Waals surface area contributed by atoms with Gasteiger partial charge in [-0.25, -0.2) is 0 Å². The van der Waals surface area contributed by atoms with Crippen LogP contribution in [-0.4, -0.2) is 0 Å². The molecule has 0 radical (unpaired) electrons. The first-order valence-electron chi connectivity index (χ1n) is 1.40. The molecule has 0 fully saturated rings. The first-order chi connectivity index (χ1) is 2.73. The SMILES string of the molecule is S=c1c(S)c1S. The fourth-order valence-corrected chi connectivity index (χ4v) is 0.880. The Hall–Kier alpha value is 0.530. The molecule has 0 amide bonds. The predicted molar refractivity (Wildman–Crippen MR) is 34.2 cm³/mol. The summed E-state index contributed by atoms with van der Waals surface area (Å²) in [4.78, 5) is 1.77. The Morgan fingerprint density at radius 1 is 1.17 bits per heavy atom. The van der Waals surface area contributed by atoms with Crippen molar-refractivity contribution in [3.8, 4) is 0 Å². The Kier molecular flexibility index (Phi) is 0.975. The van der Waals surface area contributed by atoms with Gasteiger partial charge >= 0.3 is 0 Å². The summed E-state index contributed by atoms with van der Waals surface area (Å²) in [7, 11) is 0. The molecular weight excluding hydrogens is 132 g/mol. The second-order valence-electron chi connectivity index (χ2n) is 1.03. The zero-order valence-electron chi connectivity index (χ0n) is 2.80. The van der Waals surface area contributed by atoms with E-state index in [4.69, 9.17) is 0 Å².